The molecule has 0 bridgehead atoms. The Morgan fingerprint density at radius 2 is 2.17 bits per heavy atom. The Morgan fingerprint density at radius 3 is 2.93 bits per heavy atom. The van der Waals surface area contributed by atoms with Crippen LogP contribution in [0.2, 0.25) is 0 Å². The van der Waals surface area contributed by atoms with Crippen molar-refractivity contribution in [2.24, 2.45) is 16.6 Å². The minimum Gasteiger partial charge on any atom is -0.383 e. The lowest BCUT2D eigenvalue weighted by molar-refractivity contribution is -0.111. The molecule has 8 heteroatoms. The van der Waals surface area contributed by atoms with E-state index in [4.69, 9.17) is 10.5 Å². The maximum Gasteiger partial charge on any atom is 0.267 e. The van der Waals surface area contributed by atoms with Crippen LogP contribution in [0.5, 0.6) is 0 Å². The second-order valence-electron chi connectivity index (χ2n) is 7.61. The molecule has 1 unspecified atom stereocenters. The van der Waals surface area contributed by atoms with Crippen LogP contribution in [0.3, 0.4) is 0 Å². The van der Waals surface area contributed by atoms with E-state index in [2.05, 4.69) is 37.5 Å². The van der Waals surface area contributed by atoms with Gasteiger partial charge in [-0.25, -0.2) is 4.99 Å². The van der Waals surface area contributed by atoms with Crippen molar-refractivity contribution in [2.45, 2.75) is 38.4 Å². The van der Waals surface area contributed by atoms with Crippen molar-refractivity contribution in [1.82, 2.24) is 15.5 Å². The SMILES string of the molecule is COCCNC1N=C(C(N)=O)C=C(C2CCCCC2)N1c1ccc2[nH]ncc2c1. The Kier molecular flexibility index (Phi) is 5.92. The fourth-order valence-electron chi connectivity index (χ4n) is 4.22. The molecule has 1 aromatic carbocycles. The fourth-order valence-corrected chi connectivity index (χ4v) is 4.22. The van der Waals surface area contributed by atoms with Gasteiger partial charge in [0.15, 0.2) is 6.29 Å². The van der Waals surface area contributed by atoms with Crippen LogP contribution in [0.25, 0.3) is 10.9 Å². The highest BCUT2D eigenvalue weighted by molar-refractivity contribution is 6.43. The predicted molar refractivity (Wildman–Crippen MR) is 114 cm³/mol. The van der Waals surface area contributed by atoms with Crippen LogP contribution in [0.4, 0.5) is 5.69 Å². The van der Waals surface area contributed by atoms with Crippen molar-refractivity contribution in [3.8, 4) is 0 Å². The zero-order valence-electron chi connectivity index (χ0n) is 16.7. The number of methoxy groups -OCH3 is 1. The van der Waals surface area contributed by atoms with Crippen molar-refractivity contribution >= 4 is 28.2 Å². The molecule has 2 heterocycles. The van der Waals surface area contributed by atoms with Gasteiger partial charge in [-0.1, -0.05) is 19.3 Å². The molecule has 0 radical (unpaired) electrons. The standard InChI is InChI=1S/C21H28N6O2/c1-29-10-9-23-21-25-18(20(22)28)12-19(14-5-3-2-4-6-14)27(21)16-7-8-17-15(11-16)13-24-26-17/h7-8,11-14,21,23H,2-6,9-10H2,1H3,(H2,22,28)(H,24,26). The number of nitrogens with two attached hydrogens (primary N) is 1. The molecule has 8 nitrogen and oxygen atoms in total. The fraction of sp³-hybridized carbons (Fsp3) is 0.476. The first-order chi connectivity index (χ1) is 14.2. The summed E-state index contributed by atoms with van der Waals surface area (Å²) in [5.41, 5.74) is 9.04. The van der Waals surface area contributed by atoms with Crippen LogP contribution >= 0.6 is 0 Å². The Morgan fingerprint density at radius 1 is 1.34 bits per heavy atom. The number of hydrogen-bond acceptors (Lipinski definition) is 6. The highest BCUT2D eigenvalue weighted by Crippen LogP contribution is 2.37. The van der Waals surface area contributed by atoms with E-state index in [1.165, 1.54) is 19.3 Å². The van der Waals surface area contributed by atoms with E-state index >= 15 is 0 Å². The summed E-state index contributed by atoms with van der Waals surface area (Å²) in [5.74, 6) is -0.123. The molecule has 1 aromatic heterocycles. The number of nitrogens with zero attached hydrogens (tertiary/aromatic N) is 3. The van der Waals surface area contributed by atoms with Gasteiger partial charge in [0, 0.05) is 30.4 Å². The topological polar surface area (TPSA) is 109 Å². The van der Waals surface area contributed by atoms with Gasteiger partial charge in [-0.3, -0.25) is 15.2 Å². The van der Waals surface area contributed by atoms with Crippen LogP contribution in [-0.4, -0.2) is 48.4 Å². The number of ether oxygens (including phenoxy) is 1. The summed E-state index contributed by atoms with van der Waals surface area (Å²) < 4.78 is 5.19. The van der Waals surface area contributed by atoms with Crippen LogP contribution < -0.4 is 16.0 Å². The number of carbonyl (C=O) groups is 1. The summed E-state index contributed by atoms with van der Waals surface area (Å²) in [6.07, 6.45) is 9.14. The Hall–Kier alpha value is -2.71. The van der Waals surface area contributed by atoms with Gasteiger partial charge < -0.3 is 15.4 Å². The molecule has 1 aliphatic carbocycles. The molecule has 2 aromatic rings. The van der Waals surface area contributed by atoms with Crippen LogP contribution in [0.1, 0.15) is 32.1 Å². The number of aliphatic imine (C=N–C) groups is 1. The van der Waals surface area contributed by atoms with E-state index < -0.39 is 12.2 Å². The van der Waals surface area contributed by atoms with E-state index in [1.807, 2.05) is 18.3 Å². The normalized spacial score (nSPS) is 20.6. The van der Waals surface area contributed by atoms with Gasteiger partial charge in [-0.15, -0.1) is 0 Å². The number of benzene rings is 1. The first kappa shape index (κ1) is 19.6. The van der Waals surface area contributed by atoms with Crippen molar-refractivity contribution in [3.63, 3.8) is 0 Å². The largest absolute Gasteiger partial charge is 0.383 e. The van der Waals surface area contributed by atoms with Crippen molar-refractivity contribution < 1.29 is 9.53 Å². The van der Waals surface area contributed by atoms with E-state index in [0.717, 1.165) is 35.1 Å². The monoisotopic (exact) mass is 396 g/mol. The van der Waals surface area contributed by atoms with E-state index in [-0.39, 0.29) is 0 Å². The van der Waals surface area contributed by atoms with Crippen molar-refractivity contribution in [1.29, 1.82) is 0 Å². The smallest absolute Gasteiger partial charge is 0.267 e. The lowest BCUT2D eigenvalue weighted by atomic mass is 9.85. The maximum absolute atomic E-state index is 12.0. The number of hydrogen-bond donors (Lipinski definition) is 3. The number of nitrogens with one attached hydrogen (secondary N) is 2. The number of anilines is 1. The minimum atomic E-state index is -0.498. The number of allylic oxidation sites excluding steroid dienone is 1. The summed E-state index contributed by atoms with van der Waals surface area (Å²) in [6.45, 7) is 1.16. The highest BCUT2D eigenvalue weighted by atomic mass is 16.5. The van der Waals surface area contributed by atoms with Gasteiger partial charge in [-0.05, 0) is 43.0 Å². The molecule has 29 heavy (non-hydrogen) atoms. The highest BCUT2D eigenvalue weighted by Gasteiger charge is 2.32. The first-order valence-electron chi connectivity index (χ1n) is 10.2. The van der Waals surface area contributed by atoms with Crippen LogP contribution in [0.15, 0.2) is 41.2 Å². The van der Waals surface area contributed by atoms with Crippen LogP contribution in [0, 0.1) is 5.92 Å². The number of H-pyrrole nitrogens is 1. The predicted octanol–water partition coefficient (Wildman–Crippen LogP) is 2.29. The average molecular weight is 396 g/mol. The van der Waals surface area contributed by atoms with Crippen LogP contribution in [-0.2, 0) is 9.53 Å². The number of carbonyl (C=O) groups excluding carboxylic acids is 1. The third kappa shape index (κ3) is 4.18. The average Bonchev–Trinajstić information content (AvgIpc) is 3.22. The molecule has 0 spiro atoms. The summed E-state index contributed by atoms with van der Waals surface area (Å²) in [4.78, 5) is 18.8. The Labute approximate surface area is 170 Å². The van der Waals surface area contributed by atoms with Crippen molar-refractivity contribution in [3.05, 3.63) is 36.2 Å². The molecule has 2 aliphatic rings. The molecule has 1 fully saturated rings. The molecule has 0 saturated heterocycles. The number of amides is 1. The second kappa shape index (κ2) is 8.75. The third-order valence-electron chi connectivity index (χ3n) is 5.68. The van der Waals surface area contributed by atoms with E-state index in [9.17, 15) is 4.79 Å². The van der Waals surface area contributed by atoms with Gasteiger partial charge in [0.05, 0.1) is 18.3 Å². The van der Waals surface area contributed by atoms with E-state index in [1.54, 1.807) is 7.11 Å². The van der Waals surface area contributed by atoms with Gasteiger partial charge in [0.25, 0.3) is 5.91 Å². The summed E-state index contributed by atoms with van der Waals surface area (Å²) in [7, 11) is 1.67. The molecule has 4 rings (SSSR count). The van der Waals surface area contributed by atoms with Crippen molar-refractivity contribution in [2.75, 3.05) is 25.2 Å². The number of rotatable bonds is 7. The van der Waals surface area contributed by atoms with Gasteiger partial charge in [-0.2, -0.15) is 5.10 Å². The third-order valence-corrected chi connectivity index (χ3v) is 5.68. The number of fused-ring (bicyclic) bond motifs is 1. The Bertz CT molecular complexity index is 928. The summed E-state index contributed by atoms with van der Waals surface area (Å²) in [6, 6.07) is 6.19. The Balaban J connectivity index is 1.75. The molecule has 1 atom stereocenters. The number of aromatic amines is 1. The molecule has 1 amide bonds. The summed E-state index contributed by atoms with van der Waals surface area (Å²) in [5, 5.41) is 11.6. The summed E-state index contributed by atoms with van der Waals surface area (Å²) >= 11 is 0. The van der Waals surface area contributed by atoms with Gasteiger partial charge in [0.1, 0.15) is 5.71 Å². The van der Waals surface area contributed by atoms with E-state index in [0.29, 0.717) is 24.8 Å². The first-order valence-corrected chi connectivity index (χ1v) is 10.2. The zero-order valence-corrected chi connectivity index (χ0v) is 16.7. The number of aromatic nitrogens is 2. The molecular weight excluding hydrogens is 368 g/mol. The molecule has 1 saturated carbocycles. The quantitative estimate of drug-likeness (QED) is 0.622. The minimum absolute atomic E-state index is 0.320. The molecular formula is C21H28N6O2. The second-order valence-corrected chi connectivity index (χ2v) is 7.61. The number of primary amides is 1. The van der Waals surface area contributed by atoms with Gasteiger partial charge >= 0.3 is 0 Å². The molecule has 1 aliphatic heterocycles. The maximum atomic E-state index is 12.0. The zero-order chi connectivity index (χ0) is 20.2. The lowest BCUT2D eigenvalue weighted by Gasteiger charge is -2.40. The lowest BCUT2D eigenvalue weighted by Crippen LogP contribution is -2.50. The molecule has 154 valence electrons. The van der Waals surface area contributed by atoms with Gasteiger partial charge in [0.2, 0.25) is 0 Å². The molecule has 4 N–H and O–H groups in total.